The Morgan fingerprint density at radius 3 is 2.53 bits per heavy atom. The molecule has 1 N–H and O–H groups in total. The first-order valence-electron chi connectivity index (χ1n) is 11.9. The van der Waals surface area contributed by atoms with Gasteiger partial charge in [-0.05, 0) is 78.9 Å². The van der Waals surface area contributed by atoms with Crippen LogP contribution in [0.5, 0.6) is 5.75 Å². The van der Waals surface area contributed by atoms with E-state index in [1.807, 2.05) is 31.2 Å². The molecule has 2 fully saturated rings. The molecule has 8 nitrogen and oxygen atoms in total. The molecule has 2 aliphatic heterocycles. The number of anilines is 1. The summed E-state index contributed by atoms with van der Waals surface area (Å²) in [5.74, 6) is 0.157. The smallest absolute Gasteiger partial charge is 0.294 e. The number of hydrogen-bond acceptors (Lipinski definition) is 6. The summed E-state index contributed by atoms with van der Waals surface area (Å²) in [6.07, 6.45) is 3.49. The maximum absolute atomic E-state index is 12.8. The molecule has 4 rings (SSSR count). The van der Waals surface area contributed by atoms with Crippen LogP contribution in [0.4, 0.5) is 10.5 Å². The molecule has 2 heterocycles. The molecule has 2 saturated heterocycles. The van der Waals surface area contributed by atoms with Crippen molar-refractivity contribution < 1.29 is 23.9 Å². The zero-order chi connectivity index (χ0) is 25.7. The highest BCUT2D eigenvalue weighted by Gasteiger charge is 2.37. The van der Waals surface area contributed by atoms with Gasteiger partial charge in [0.1, 0.15) is 12.3 Å². The summed E-state index contributed by atoms with van der Waals surface area (Å²) in [4.78, 5) is 52.9. The van der Waals surface area contributed by atoms with Crippen molar-refractivity contribution in [2.24, 2.45) is 5.92 Å². The number of thioether (sulfide) groups is 1. The van der Waals surface area contributed by atoms with Crippen LogP contribution in [0, 0.1) is 12.8 Å². The van der Waals surface area contributed by atoms with E-state index in [4.69, 9.17) is 4.74 Å². The quantitative estimate of drug-likeness (QED) is 0.561. The number of amides is 4. The monoisotopic (exact) mass is 507 g/mol. The van der Waals surface area contributed by atoms with E-state index in [2.05, 4.69) is 12.2 Å². The van der Waals surface area contributed by atoms with Gasteiger partial charge in [-0.25, -0.2) is 0 Å². The molecule has 0 aromatic heterocycles. The van der Waals surface area contributed by atoms with Gasteiger partial charge in [-0.1, -0.05) is 31.2 Å². The lowest BCUT2D eigenvalue weighted by Gasteiger charge is -2.31. The second-order valence-corrected chi connectivity index (χ2v) is 10.1. The fourth-order valence-corrected chi connectivity index (χ4v) is 4.85. The standard InChI is InChI=1S/C27H29N3O5S/c1-18-10-12-29(13-11-18)25(32)16-30-26(33)23(36-27(30)34)15-20-6-8-22(9-7-20)35-17-24(31)28-21-5-3-4-19(2)14-21/h3-9,14-15,18H,10-13,16-17H2,1-2H3,(H,28,31)/b23-15+. The van der Waals surface area contributed by atoms with Crippen molar-refractivity contribution in [1.29, 1.82) is 0 Å². The Bertz CT molecular complexity index is 1190. The first-order valence-corrected chi connectivity index (χ1v) is 12.7. The van der Waals surface area contributed by atoms with Gasteiger partial charge in [0, 0.05) is 18.8 Å². The lowest BCUT2D eigenvalue weighted by atomic mass is 9.99. The van der Waals surface area contributed by atoms with Gasteiger partial charge >= 0.3 is 0 Å². The number of ether oxygens (including phenoxy) is 1. The summed E-state index contributed by atoms with van der Waals surface area (Å²) in [7, 11) is 0. The topological polar surface area (TPSA) is 96.0 Å². The fraction of sp³-hybridized carbons (Fsp3) is 0.333. The van der Waals surface area contributed by atoms with E-state index in [-0.39, 0.29) is 29.9 Å². The van der Waals surface area contributed by atoms with Gasteiger partial charge in [0.05, 0.1) is 4.91 Å². The first-order chi connectivity index (χ1) is 17.3. The minimum atomic E-state index is -0.461. The number of nitrogens with one attached hydrogen (secondary N) is 1. The van der Waals surface area contributed by atoms with Crippen LogP contribution < -0.4 is 10.1 Å². The molecule has 36 heavy (non-hydrogen) atoms. The number of carbonyl (C=O) groups is 4. The lowest BCUT2D eigenvalue weighted by molar-refractivity contribution is -0.136. The molecule has 0 aliphatic carbocycles. The van der Waals surface area contributed by atoms with Crippen LogP contribution in [-0.4, -0.2) is 59.0 Å². The van der Waals surface area contributed by atoms with E-state index in [0.29, 0.717) is 36.0 Å². The van der Waals surface area contributed by atoms with E-state index in [0.717, 1.165) is 35.1 Å². The summed E-state index contributed by atoms with van der Waals surface area (Å²) in [6.45, 7) is 5.06. The molecule has 9 heteroatoms. The van der Waals surface area contributed by atoms with Crippen molar-refractivity contribution in [3.05, 3.63) is 64.6 Å². The Hall–Kier alpha value is -3.59. The van der Waals surface area contributed by atoms with Crippen LogP contribution in [0.1, 0.15) is 30.9 Å². The number of aryl methyl sites for hydroxylation is 1. The lowest BCUT2D eigenvalue weighted by Crippen LogP contribution is -2.45. The molecule has 2 aromatic rings. The Kier molecular flexibility index (Phi) is 8.10. The fourth-order valence-electron chi connectivity index (χ4n) is 4.01. The van der Waals surface area contributed by atoms with Gasteiger partial charge in [0.15, 0.2) is 6.61 Å². The molecule has 4 amide bonds. The number of benzene rings is 2. The molecular formula is C27H29N3O5S. The Labute approximate surface area is 214 Å². The molecule has 2 aliphatic rings. The molecule has 0 radical (unpaired) electrons. The van der Waals surface area contributed by atoms with Crippen LogP contribution in [-0.2, 0) is 14.4 Å². The SMILES string of the molecule is Cc1cccc(NC(=O)COc2ccc(/C=C3/SC(=O)N(CC(=O)N4CCC(C)CC4)C3=O)cc2)c1. The van der Waals surface area contributed by atoms with Crippen molar-refractivity contribution in [3.8, 4) is 5.75 Å². The van der Waals surface area contributed by atoms with Gasteiger partial charge in [0.25, 0.3) is 17.1 Å². The third-order valence-corrected chi connectivity index (χ3v) is 7.06. The number of likely N-dealkylation sites (tertiary alicyclic amines) is 1. The van der Waals surface area contributed by atoms with Crippen LogP contribution in [0.3, 0.4) is 0 Å². The minimum absolute atomic E-state index is 0.143. The molecular weight excluding hydrogens is 478 g/mol. The number of nitrogens with zero attached hydrogens (tertiary/aromatic N) is 2. The van der Waals surface area contributed by atoms with Crippen molar-refractivity contribution in [2.75, 3.05) is 31.6 Å². The summed E-state index contributed by atoms with van der Waals surface area (Å²) in [5.41, 5.74) is 2.46. The summed E-state index contributed by atoms with van der Waals surface area (Å²) in [5, 5.41) is 2.34. The first kappa shape index (κ1) is 25.5. The minimum Gasteiger partial charge on any atom is -0.484 e. The van der Waals surface area contributed by atoms with Crippen LogP contribution in [0.15, 0.2) is 53.4 Å². The molecule has 0 atom stereocenters. The van der Waals surface area contributed by atoms with Gasteiger partial charge in [-0.15, -0.1) is 0 Å². The molecule has 0 saturated carbocycles. The van der Waals surface area contributed by atoms with E-state index in [1.165, 1.54) is 0 Å². The maximum atomic E-state index is 12.8. The summed E-state index contributed by atoms with van der Waals surface area (Å²) in [6, 6.07) is 14.4. The Morgan fingerprint density at radius 1 is 1.11 bits per heavy atom. The van der Waals surface area contributed by atoms with Gasteiger partial charge in [0.2, 0.25) is 5.91 Å². The molecule has 188 valence electrons. The third kappa shape index (κ3) is 6.54. The van der Waals surface area contributed by atoms with E-state index >= 15 is 0 Å². The number of piperidine rings is 1. The van der Waals surface area contributed by atoms with Crippen molar-refractivity contribution in [3.63, 3.8) is 0 Å². The molecule has 0 unspecified atom stereocenters. The largest absolute Gasteiger partial charge is 0.484 e. The third-order valence-electron chi connectivity index (χ3n) is 6.15. The van der Waals surface area contributed by atoms with E-state index in [9.17, 15) is 19.2 Å². The van der Waals surface area contributed by atoms with Crippen molar-refractivity contribution in [2.45, 2.75) is 26.7 Å². The van der Waals surface area contributed by atoms with E-state index < -0.39 is 11.1 Å². The number of hydrogen-bond donors (Lipinski definition) is 1. The predicted octanol–water partition coefficient (Wildman–Crippen LogP) is 4.31. The van der Waals surface area contributed by atoms with Crippen LogP contribution in [0.25, 0.3) is 6.08 Å². The van der Waals surface area contributed by atoms with Crippen molar-refractivity contribution >= 4 is 46.5 Å². The Morgan fingerprint density at radius 2 is 1.83 bits per heavy atom. The average molecular weight is 508 g/mol. The average Bonchev–Trinajstić information content (AvgIpc) is 3.11. The second kappa shape index (κ2) is 11.4. The number of carbonyl (C=O) groups excluding carboxylic acids is 4. The predicted molar refractivity (Wildman–Crippen MR) is 139 cm³/mol. The maximum Gasteiger partial charge on any atom is 0.294 e. The number of imide groups is 1. The summed E-state index contributed by atoms with van der Waals surface area (Å²) >= 11 is 0.829. The Balaban J connectivity index is 1.30. The highest BCUT2D eigenvalue weighted by Crippen LogP contribution is 2.32. The van der Waals surface area contributed by atoms with Crippen LogP contribution in [0.2, 0.25) is 0 Å². The highest BCUT2D eigenvalue weighted by atomic mass is 32.2. The normalized spacial score (nSPS) is 17.6. The highest BCUT2D eigenvalue weighted by molar-refractivity contribution is 8.18. The molecule has 0 bridgehead atoms. The van der Waals surface area contributed by atoms with E-state index in [1.54, 1.807) is 35.2 Å². The molecule has 2 aromatic carbocycles. The molecule has 0 spiro atoms. The van der Waals surface area contributed by atoms with Gasteiger partial charge in [-0.3, -0.25) is 24.1 Å². The zero-order valence-corrected chi connectivity index (χ0v) is 21.2. The summed E-state index contributed by atoms with van der Waals surface area (Å²) < 4.78 is 5.55. The zero-order valence-electron chi connectivity index (χ0n) is 20.4. The van der Waals surface area contributed by atoms with Gasteiger partial charge in [-0.2, -0.15) is 0 Å². The second-order valence-electron chi connectivity index (χ2n) is 9.11. The van der Waals surface area contributed by atoms with Crippen LogP contribution >= 0.6 is 11.8 Å². The number of rotatable bonds is 7. The van der Waals surface area contributed by atoms with Gasteiger partial charge < -0.3 is 15.0 Å². The van der Waals surface area contributed by atoms with Crippen molar-refractivity contribution in [1.82, 2.24) is 9.80 Å².